The van der Waals surface area contributed by atoms with Gasteiger partial charge in [-0.3, -0.25) is 14.2 Å². The summed E-state index contributed by atoms with van der Waals surface area (Å²) in [6.45, 7) is 1.97. The number of aryl methyl sites for hydroxylation is 1. The number of hydrogen-bond donors (Lipinski definition) is 1. The van der Waals surface area contributed by atoms with Gasteiger partial charge in [-0.15, -0.1) is 0 Å². The zero-order chi connectivity index (χ0) is 22.5. The number of para-hydroxylation sites is 1. The Bertz CT molecular complexity index is 1350. The number of carbonyl (C=O) groups excluding carboxylic acids is 1. The van der Waals surface area contributed by atoms with Crippen LogP contribution in [0.1, 0.15) is 11.1 Å². The van der Waals surface area contributed by atoms with Gasteiger partial charge in [0.25, 0.3) is 11.5 Å². The van der Waals surface area contributed by atoms with Crippen LogP contribution >= 0.6 is 11.8 Å². The molecule has 1 aromatic heterocycles. The van der Waals surface area contributed by atoms with E-state index in [0.717, 1.165) is 17.3 Å². The molecule has 0 bridgehead atoms. The van der Waals surface area contributed by atoms with Crippen molar-refractivity contribution in [1.29, 1.82) is 0 Å². The molecule has 0 aliphatic carbocycles. The van der Waals surface area contributed by atoms with Crippen LogP contribution in [0.25, 0.3) is 16.6 Å². The lowest BCUT2D eigenvalue weighted by molar-refractivity contribution is -0.118. The van der Waals surface area contributed by atoms with E-state index in [1.54, 1.807) is 30.3 Å². The van der Waals surface area contributed by atoms with E-state index in [1.807, 2.05) is 37.3 Å². The number of amides is 1. The van der Waals surface area contributed by atoms with Gasteiger partial charge in [0.1, 0.15) is 5.82 Å². The molecular formula is C24H19FN4O2S. The smallest absolute Gasteiger partial charge is 0.266 e. The van der Waals surface area contributed by atoms with Crippen LogP contribution in [0, 0.1) is 12.7 Å². The van der Waals surface area contributed by atoms with E-state index in [4.69, 9.17) is 0 Å². The summed E-state index contributed by atoms with van der Waals surface area (Å²) >= 11 is 1.15. The van der Waals surface area contributed by atoms with Crippen LogP contribution in [-0.2, 0) is 4.79 Å². The van der Waals surface area contributed by atoms with Crippen molar-refractivity contribution in [1.82, 2.24) is 15.0 Å². The average Bonchev–Trinajstić information content (AvgIpc) is 2.80. The second kappa shape index (κ2) is 9.57. The fraction of sp³-hybridized carbons (Fsp3) is 0.0833. The Morgan fingerprint density at radius 2 is 1.81 bits per heavy atom. The van der Waals surface area contributed by atoms with Gasteiger partial charge in [0, 0.05) is 0 Å². The summed E-state index contributed by atoms with van der Waals surface area (Å²) in [5, 5.41) is 4.81. The Labute approximate surface area is 187 Å². The summed E-state index contributed by atoms with van der Waals surface area (Å²) in [6.07, 6.45) is 1.43. The second-order valence-electron chi connectivity index (χ2n) is 7.02. The van der Waals surface area contributed by atoms with E-state index in [2.05, 4.69) is 15.5 Å². The quantitative estimate of drug-likeness (QED) is 0.210. The Kier molecular flexibility index (Phi) is 6.42. The summed E-state index contributed by atoms with van der Waals surface area (Å²) in [7, 11) is 0. The number of fused-ring (bicyclic) bond motifs is 1. The van der Waals surface area contributed by atoms with Crippen LogP contribution < -0.4 is 11.0 Å². The molecular weight excluding hydrogens is 427 g/mol. The van der Waals surface area contributed by atoms with E-state index < -0.39 is 0 Å². The number of aromatic nitrogens is 2. The monoisotopic (exact) mass is 446 g/mol. The number of rotatable bonds is 6. The molecule has 0 spiro atoms. The van der Waals surface area contributed by atoms with Gasteiger partial charge in [0.15, 0.2) is 5.16 Å². The first-order chi connectivity index (χ1) is 15.5. The van der Waals surface area contributed by atoms with Crippen molar-refractivity contribution >= 4 is 34.8 Å². The van der Waals surface area contributed by atoms with Crippen LogP contribution in [0.4, 0.5) is 4.39 Å². The number of nitrogens with one attached hydrogen (secondary N) is 1. The summed E-state index contributed by atoms with van der Waals surface area (Å²) in [6, 6.07) is 20.4. The second-order valence-corrected chi connectivity index (χ2v) is 7.96. The third kappa shape index (κ3) is 4.92. The highest BCUT2D eigenvalue weighted by Gasteiger charge is 2.14. The Morgan fingerprint density at radius 3 is 2.56 bits per heavy atom. The van der Waals surface area contributed by atoms with Crippen molar-refractivity contribution in [3.63, 3.8) is 0 Å². The Morgan fingerprint density at radius 1 is 1.09 bits per heavy atom. The molecule has 160 valence electrons. The minimum atomic E-state index is -0.355. The van der Waals surface area contributed by atoms with Gasteiger partial charge < -0.3 is 0 Å². The molecule has 3 aromatic carbocycles. The zero-order valence-electron chi connectivity index (χ0n) is 17.2. The molecule has 1 amide bonds. The van der Waals surface area contributed by atoms with E-state index in [-0.39, 0.29) is 23.0 Å². The highest BCUT2D eigenvalue weighted by atomic mass is 32.2. The van der Waals surface area contributed by atoms with E-state index >= 15 is 0 Å². The summed E-state index contributed by atoms with van der Waals surface area (Å²) in [4.78, 5) is 30.1. The summed E-state index contributed by atoms with van der Waals surface area (Å²) < 4.78 is 14.5. The molecule has 8 heteroatoms. The summed E-state index contributed by atoms with van der Waals surface area (Å²) in [5.41, 5.74) is 5.21. The number of halogens is 1. The van der Waals surface area contributed by atoms with Gasteiger partial charge >= 0.3 is 0 Å². The Balaban J connectivity index is 1.56. The molecule has 4 rings (SSSR count). The SMILES string of the molecule is Cc1ccc(-n2c(SCC(=O)NN=Cc3ccc(F)cc3)nc3ccccc3c2=O)cc1. The van der Waals surface area contributed by atoms with E-state index in [1.165, 1.54) is 22.9 Å². The van der Waals surface area contributed by atoms with Crippen LogP contribution in [-0.4, -0.2) is 27.4 Å². The summed E-state index contributed by atoms with van der Waals surface area (Å²) in [5.74, 6) is -0.687. The molecule has 0 unspecified atom stereocenters. The van der Waals surface area contributed by atoms with Gasteiger partial charge in [0.2, 0.25) is 0 Å². The molecule has 6 nitrogen and oxygen atoms in total. The van der Waals surface area contributed by atoms with Crippen molar-refractivity contribution in [3.8, 4) is 5.69 Å². The van der Waals surface area contributed by atoms with Gasteiger partial charge in [-0.25, -0.2) is 14.8 Å². The number of hydrogen-bond acceptors (Lipinski definition) is 5. The molecule has 0 radical (unpaired) electrons. The van der Waals surface area contributed by atoms with Gasteiger partial charge in [0.05, 0.1) is 28.6 Å². The predicted molar refractivity (Wildman–Crippen MR) is 125 cm³/mol. The molecule has 0 fully saturated rings. The fourth-order valence-corrected chi connectivity index (χ4v) is 3.83. The first-order valence-corrected chi connectivity index (χ1v) is 10.8. The molecule has 32 heavy (non-hydrogen) atoms. The molecule has 1 heterocycles. The van der Waals surface area contributed by atoms with Gasteiger partial charge in [-0.1, -0.05) is 53.7 Å². The van der Waals surface area contributed by atoms with Crippen molar-refractivity contribution in [2.24, 2.45) is 5.10 Å². The van der Waals surface area contributed by atoms with Crippen LogP contribution in [0.15, 0.2) is 87.8 Å². The Hall–Kier alpha value is -3.78. The molecule has 4 aromatic rings. The molecule has 0 saturated heterocycles. The highest BCUT2D eigenvalue weighted by molar-refractivity contribution is 7.99. The van der Waals surface area contributed by atoms with Crippen molar-refractivity contribution in [3.05, 3.63) is 100 Å². The maximum atomic E-state index is 13.2. The number of thioether (sulfide) groups is 1. The van der Waals surface area contributed by atoms with Crippen molar-refractivity contribution < 1.29 is 9.18 Å². The largest absolute Gasteiger partial charge is 0.272 e. The van der Waals surface area contributed by atoms with Crippen LogP contribution in [0.2, 0.25) is 0 Å². The minimum absolute atomic E-state index is 0.0113. The molecule has 0 aliphatic heterocycles. The number of benzene rings is 3. The maximum absolute atomic E-state index is 13.2. The number of nitrogens with zero attached hydrogens (tertiary/aromatic N) is 3. The zero-order valence-corrected chi connectivity index (χ0v) is 18.0. The normalized spacial score (nSPS) is 11.2. The first kappa shape index (κ1) is 21.5. The lowest BCUT2D eigenvalue weighted by Crippen LogP contribution is -2.24. The number of hydrazone groups is 1. The topological polar surface area (TPSA) is 76.3 Å². The molecule has 0 atom stereocenters. The predicted octanol–water partition coefficient (Wildman–Crippen LogP) is 4.08. The van der Waals surface area contributed by atoms with Gasteiger partial charge in [-0.05, 0) is 48.9 Å². The van der Waals surface area contributed by atoms with Crippen LogP contribution in [0.3, 0.4) is 0 Å². The molecule has 1 N–H and O–H groups in total. The minimum Gasteiger partial charge on any atom is -0.272 e. The molecule has 0 aliphatic rings. The van der Waals surface area contributed by atoms with Crippen molar-refractivity contribution in [2.45, 2.75) is 12.1 Å². The highest BCUT2D eigenvalue weighted by Crippen LogP contribution is 2.21. The third-order valence-electron chi connectivity index (χ3n) is 4.64. The fourth-order valence-electron chi connectivity index (χ4n) is 3.02. The number of carbonyl (C=O) groups is 1. The van der Waals surface area contributed by atoms with Crippen molar-refractivity contribution in [2.75, 3.05) is 5.75 Å². The molecule has 0 saturated carbocycles. The first-order valence-electron chi connectivity index (χ1n) is 9.80. The van der Waals surface area contributed by atoms with E-state index in [0.29, 0.717) is 27.3 Å². The third-order valence-corrected chi connectivity index (χ3v) is 5.58. The lowest BCUT2D eigenvalue weighted by Gasteiger charge is -2.13. The van der Waals surface area contributed by atoms with Gasteiger partial charge in [-0.2, -0.15) is 5.10 Å². The van der Waals surface area contributed by atoms with Crippen LogP contribution in [0.5, 0.6) is 0 Å². The average molecular weight is 447 g/mol. The van der Waals surface area contributed by atoms with E-state index in [9.17, 15) is 14.0 Å². The standard InChI is InChI=1S/C24H19FN4O2S/c1-16-6-12-19(13-7-16)29-23(31)20-4-2-3-5-21(20)27-24(29)32-15-22(30)28-26-14-17-8-10-18(25)11-9-17/h2-14H,15H2,1H3,(H,28,30). The lowest BCUT2D eigenvalue weighted by atomic mass is 10.2. The maximum Gasteiger partial charge on any atom is 0.266 e.